The second kappa shape index (κ2) is 8.64. The van der Waals surface area contributed by atoms with Gasteiger partial charge in [0.05, 0.1) is 17.9 Å². The summed E-state index contributed by atoms with van der Waals surface area (Å²) in [5, 5.41) is 2.95. The maximum atomic E-state index is 13.2. The minimum absolute atomic E-state index is 0.0538. The Morgan fingerprint density at radius 1 is 0.903 bits per heavy atom. The Morgan fingerprint density at radius 2 is 1.52 bits per heavy atom. The molecular formula is C26H27N3O2. The van der Waals surface area contributed by atoms with Crippen LogP contribution in [-0.2, 0) is 13.1 Å². The van der Waals surface area contributed by atoms with Crippen LogP contribution in [0.1, 0.15) is 43.0 Å². The first-order valence-electron chi connectivity index (χ1n) is 10.4. The van der Waals surface area contributed by atoms with Gasteiger partial charge in [-0.05, 0) is 43.2 Å². The summed E-state index contributed by atoms with van der Waals surface area (Å²) in [7, 11) is 1.96. The number of benzene rings is 3. The van der Waals surface area contributed by atoms with Crippen molar-refractivity contribution in [2.45, 2.75) is 26.9 Å². The molecular weight excluding hydrogens is 386 g/mol. The van der Waals surface area contributed by atoms with Crippen LogP contribution < -0.4 is 10.2 Å². The molecule has 0 unspecified atom stereocenters. The number of hydrogen-bond acceptors (Lipinski definition) is 3. The van der Waals surface area contributed by atoms with Crippen molar-refractivity contribution in [2.24, 2.45) is 0 Å². The number of nitrogens with zero attached hydrogens (tertiary/aromatic N) is 2. The van der Waals surface area contributed by atoms with Crippen LogP contribution in [0.4, 0.5) is 5.69 Å². The van der Waals surface area contributed by atoms with E-state index in [0.29, 0.717) is 30.9 Å². The van der Waals surface area contributed by atoms with E-state index in [1.165, 1.54) is 11.1 Å². The number of anilines is 1. The molecule has 0 aliphatic carbocycles. The lowest BCUT2D eigenvalue weighted by molar-refractivity contribution is 0.0731. The maximum absolute atomic E-state index is 13.2. The topological polar surface area (TPSA) is 52.7 Å². The van der Waals surface area contributed by atoms with E-state index in [1.54, 1.807) is 17.0 Å². The largest absolute Gasteiger partial charge is 0.356 e. The molecule has 3 aromatic carbocycles. The molecule has 0 saturated carbocycles. The lowest BCUT2D eigenvalue weighted by Crippen LogP contribution is -2.44. The summed E-state index contributed by atoms with van der Waals surface area (Å²) in [6, 6.07) is 21.6. The van der Waals surface area contributed by atoms with Gasteiger partial charge in [-0.3, -0.25) is 9.59 Å². The number of amides is 2. The van der Waals surface area contributed by atoms with Gasteiger partial charge < -0.3 is 15.1 Å². The van der Waals surface area contributed by atoms with Crippen molar-refractivity contribution in [3.05, 3.63) is 100 Å². The van der Waals surface area contributed by atoms with Crippen molar-refractivity contribution in [3.8, 4) is 0 Å². The highest BCUT2D eigenvalue weighted by atomic mass is 16.2. The second-order valence-corrected chi connectivity index (χ2v) is 8.23. The summed E-state index contributed by atoms with van der Waals surface area (Å²) in [5.74, 6) is -0.239. The first kappa shape index (κ1) is 20.7. The van der Waals surface area contributed by atoms with Gasteiger partial charge in [0.1, 0.15) is 0 Å². The van der Waals surface area contributed by atoms with E-state index in [4.69, 9.17) is 0 Å². The van der Waals surface area contributed by atoms with Crippen LogP contribution in [0, 0.1) is 13.8 Å². The second-order valence-electron chi connectivity index (χ2n) is 8.23. The van der Waals surface area contributed by atoms with Gasteiger partial charge in [0, 0.05) is 25.7 Å². The van der Waals surface area contributed by atoms with E-state index in [1.807, 2.05) is 68.3 Å². The number of nitrogens with one attached hydrogen (secondary N) is 1. The zero-order valence-electron chi connectivity index (χ0n) is 18.2. The number of carbonyl (C=O) groups is 2. The van der Waals surface area contributed by atoms with Crippen LogP contribution >= 0.6 is 0 Å². The lowest BCUT2D eigenvalue weighted by Gasteiger charge is -2.36. The minimum Gasteiger partial charge on any atom is -0.356 e. The van der Waals surface area contributed by atoms with Gasteiger partial charge in [-0.1, -0.05) is 59.7 Å². The third kappa shape index (κ3) is 4.61. The molecule has 0 saturated heterocycles. The summed E-state index contributed by atoms with van der Waals surface area (Å²) in [6.07, 6.45) is 0. The number of fused-ring (bicyclic) bond motifs is 1. The molecule has 1 N–H and O–H groups in total. The molecule has 5 nitrogen and oxygen atoms in total. The Balaban J connectivity index is 1.50. The van der Waals surface area contributed by atoms with Crippen LogP contribution in [0.5, 0.6) is 0 Å². The average molecular weight is 414 g/mol. The molecule has 4 rings (SSSR count). The summed E-state index contributed by atoms with van der Waals surface area (Å²) < 4.78 is 0. The van der Waals surface area contributed by atoms with E-state index in [0.717, 1.165) is 16.8 Å². The maximum Gasteiger partial charge on any atom is 0.257 e. The van der Waals surface area contributed by atoms with E-state index in [-0.39, 0.29) is 11.8 Å². The van der Waals surface area contributed by atoms with E-state index in [2.05, 4.69) is 17.4 Å². The lowest BCUT2D eigenvalue weighted by atomic mass is 10.0. The van der Waals surface area contributed by atoms with Crippen LogP contribution in [0.3, 0.4) is 0 Å². The first-order valence-corrected chi connectivity index (χ1v) is 10.4. The molecule has 0 fully saturated rings. The Bertz CT molecular complexity index is 1100. The number of aryl methyl sites for hydroxylation is 2. The highest BCUT2D eigenvalue weighted by Crippen LogP contribution is 2.28. The molecule has 3 aromatic rings. The summed E-state index contributed by atoms with van der Waals surface area (Å²) in [4.78, 5) is 29.7. The summed E-state index contributed by atoms with van der Waals surface area (Å²) in [6.45, 7) is 5.58. The first-order chi connectivity index (χ1) is 14.9. The van der Waals surface area contributed by atoms with E-state index in [9.17, 15) is 9.59 Å². The molecule has 1 heterocycles. The molecule has 2 amide bonds. The molecule has 31 heavy (non-hydrogen) atoms. The molecule has 5 heteroatoms. The van der Waals surface area contributed by atoms with Crippen molar-refractivity contribution in [2.75, 3.05) is 18.6 Å². The normalized spacial score (nSPS) is 13.2. The zero-order valence-corrected chi connectivity index (χ0v) is 18.2. The Morgan fingerprint density at radius 3 is 2.16 bits per heavy atom. The fraction of sp³-hybridized carbons (Fsp3) is 0.231. The zero-order chi connectivity index (χ0) is 22.0. The molecule has 0 aromatic heterocycles. The van der Waals surface area contributed by atoms with Crippen molar-refractivity contribution < 1.29 is 9.59 Å². The smallest absolute Gasteiger partial charge is 0.257 e. The molecule has 1 aliphatic rings. The van der Waals surface area contributed by atoms with Crippen LogP contribution in [0.15, 0.2) is 66.7 Å². The molecule has 0 spiro atoms. The van der Waals surface area contributed by atoms with Crippen molar-refractivity contribution >= 4 is 17.5 Å². The predicted molar refractivity (Wildman–Crippen MR) is 123 cm³/mol. The van der Waals surface area contributed by atoms with E-state index < -0.39 is 0 Å². The minimum atomic E-state index is -0.186. The van der Waals surface area contributed by atoms with Crippen LogP contribution in [0.25, 0.3) is 0 Å². The standard InChI is InChI=1S/C26H27N3O2/c1-18-4-8-20(9-5-18)15-27-25(30)22-12-13-24-23(14-22)26(31)29(17-28(24)3)16-21-10-6-19(2)7-11-21/h4-14H,15-17H2,1-3H3,(H,27,30). The molecule has 0 atom stereocenters. The highest BCUT2D eigenvalue weighted by molar-refractivity contribution is 6.04. The monoisotopic (exact) mass is 413 g/mol. The molecule has 1 aliphatic heterocycles. The van der Waals surface area contributed by atoms with Crippen molar-refractivity contribution in [1.29, 1.82) is 0 Å². The SMILES string of the molecule is Cc1ccc(CNC(=O)c2ccc3c(c2)C(=O)N(Cc2ccc(C)cc2)CN3C)cc1. The predicted octanol–water partition coefficient (Wildman–Crippen LogP) is 4.28. The van der Waals surface area contributed by atoms with E-state index >= 15 is 0 Å². The van der Waals surface area contributed by atoms with Crippen molar-refractivity contribution in [1.82, 2.24) is 10.2 Å². The Kier molecular flexibility index (Phi) is 5.76. The van der Waals surface area contributed by atoms with Gasteiger partial charge in [0.2, 0.25) is 0 Å². The van der Waals surface area contributed by atoms with Gasteiger partial charge in [-0.2, -0.15) is 0 Å². The van der Waals surface area contributed by atoms with Gasteiger partial charge >= 0.3 is 0 Å². The van der Waals surface area contributed by atoms with Gasteiger partial charge in [-0.15, -0.1) is 0 Å². The fourth-order valence-electron chi connectivity index (χ4n) is 3.77. The van der Waals surface area contributed by atoms with Crippen LogP contribution in [-0.4, -0.2) is 30.4 Å². The summed E-state index contributed by atoms with van der Waals surface area (Å²) in [5.41, 5.74) is 6.40. The fourth-order valence-corrected chi connectivity index (χ4v) is 3.77. The summed E-state index contributed by atoms with van der Waals surface area (Å²) >= 11 is 0. The van der Waals surface area contributed by atoms with Gasteiger partial charge in [0.25, 0.3) is 11.8 Å². The van der Waals surface area contributed by atoms with Crippen molar-refractivity contribution in [3.63, 3.8) is 0 Å². The Hall–Kier alpha value is -3.60. The number of carbonyl (C=O) groups excluding carboxylic acids is 2. The quantitative estimate of drug-likeness (QED) is 0.679. The highest BCUT2D eigenvalue weighted by Gasteiger charge is 2.28. The third-order valence-electron chi connectivity index (χ3n) is 5.64. The van der Waals surface area contributed by atoms with Gasteiger partial charge in [-0.25, -0.2) is 0 Å². The molecule has 0 bridgehead atoms. The molecule has 0 radical (unpaired) electrons. The Labute approximate surface area is 183 Å². The number of rotatable bonds is 5. The molecule has 158 valence electrons. The number of hydrogen-bond donors (Lipinski definition) is 1. The van der Waals surface area contributed by atoms with Gasteiger partial charge in [0.15, 0.2) is 0 Å². The average Bonchev–Trinajstić information content (AvgIpc) is 2.78. The third-order valence-corrected chi connectivity index (χ3v) is 5.64. The van der Waals surface area contributed by atoms with Crippen LogP contribution in [0.2, 0.25) is 0 Å².